The first kappa shape index (κ1) is 14.2. The molecule has 0 saturated heterocycles. The molecule has 1 unspecified atom stereocenters. The summed E-state index contributed by atoms with van der Waals surface area (Å²) >= 11 is 11.5. The molecule has 19 heavy (non-hydrogen) atoms. The minimum atomic E-state index is -0.323. The lowest BCUT2D eigenvalue weighted by Gasteiger charge is -2.10. The summed E-state index contributed by atoms with van der Waals surface area (Å²) in [6.07, 6.45) is 1.17. The molecule has 1 heterocycles. The number of hydrogen-bond acceptors (Lipinski definition) is 4. The first-order valence-corrected chi connectivity index (χ1v) is 6.90. The second-order valence-corrected chi connectivity index (χ2v) is 4.86. The van der Waals surface area contributed by atoms with Crippen LogP contribution in [0, 0.1) is 0 Å². The van der Waals surface area contributed by atoms with Crippen LogP contribution in [0.5, 0.6) is 5.75 Å². The van der Waals surface area contributed by atoms with Gasteiger partial charge in [-0.25, -0.2) is 0 Å². The molecule has 0 aliphatic rings. The van der Waals surface area contributed by atoms with E-state index in [1.807, 2.05) is 19.1 Å². The van der Waals surface area contributed by atoms with Gasteiger partial charge in [0, 0.05) is 17.3 Å². The Bertz CT molecular complexity index is 531. The van der Waals surface area contributed by atoms with E-state index in [0.717, 1.165) is 6.42 Å². The Hall–Kier alpha value is -1.26. The number of hydrogen-bond donors (Lipinski definition) is 0. The van der Waals surface area contributed by atoms with E-state index in [2.05, 4.69) is 10.2 Å². The fraction of sp³-hybridized carbons (Fsp3) is 0.385. The molecule has 0 fully saturated rings. The Morgan fingerprint density at radius 2 is 2.21 bits per heavy atom. The van der Waals surface area contributed by atoms with Crippen LogP contribution in [0.2, 0.25) is 5.02 Å². The van der Waals surface area contributed by atoms with E-state index in [0.29, 0.717) is 34.9 Å². The fourth-order valence-electron chi connectivity index (χ4n) is 1.54. The highest BCUT2D eigenvalue weighted by molar-refractivity contribution is 6.30. The van der Waals surface area contributed by atoms with Crippen molar-refractivity contribution in [2.24, 2.45) is 0 Å². The van der Waals surface area contributed by atoms with E-state index >= 15 is 0 Å². The number of alkyl halides is 1. The van der Waals surface area contributed by atoms with Crippen LogP contribution in [0.3, 0.4) is 0 Å². The summed E-state index contributed by atoms with van der Waals surface area (Å²) in [5.74, 6) is 2.27. The van der Waals surface area contributed by atoms with Crippen LogP contribution in [0.15, 0.2) is 28.7 Å². The molecule has 0 saturated carbocycles. The molecule has 2 rings (SSSR count). The Kier molecular flexibility index (Phi) is 5.05. The number of aryl methyl sites for hydroxylation is 1. The number of aromatic nitrogens is 2. The van der Waals surface area contributed by atoms with Gasteiger partial charge in [-0.15, -0.1) is 21.8 Å². The van der Waals surface area contributed by atoms with Crippen LogP contribution in [0.1, 0.15) is 31.2 Å². The minimum Gasteiger partial charge on any atom is -0.481 e. The van der Waals surface area contributed by atoms with Crippen LogP contribution in [0.25, 0.3) is 0 Å². The summed E-state index contributed by atoms with van der Waals surface area (Å²) in [5, 5.41) is 8.55. The summed E-state index contributed by atoms with van der Waals surface area (Å²) in [6.45, 7) is 1.85. The molecule has 102 valence electrons. The zero-order valence-corrected chi connectivity index (χ0v) is 12.0. The molecule has 2 aromatic rings. The lowest BCUT2D eigenvalue weighted by atomic mass is 10.3. The Labute approximate surface area is 121 Å². The van der Waals surface area contributed by atoms with Crippen LogP contribution >= 0.6 is 23.2 Å². The molecule has 0 N–H and O–H groups in total. The Balaban J connectivity index is 1.99. The van der Waals surface area contributed by atoms with E-state index in [9.17, 15) is 0 Å². The van der Waals surface area contributed by atoms with E-state index in [1.165, 1.54) is 0 Å². The van der Waals surface area contributed by atoms with Crippen LogP contribution in [0.4, 0.5) is 0 Å². The molecule has 1 aromatic carbocycles. The first-order valence-electron chi connectivity index (χ1n) is 5.99. The molecule has 1 atom stereocenters. The highest BCUT2D eigenvalue weighted by atomic mass is 35.5. The van der Waals surface area contributed by atoms with Gasteiger partial charge in [-0.2, -0.15) is 0 Å². The SMILES string of the molecule is CC(Oc1cccc(Cl)c1)c1nnc(CCCCl)o1. The third kappa shape index (κ3) is 4.11. The number of halogens is 2. The summed E-state index contributed by atoms with van der Waals surface area (Å²) in [4.78, 5) is 0. The largest absolute Gasteiger partial charge is 0.481 e. The van der Waals surface area contributed by atoms with Crippen molar-refractivity contribution >= 4 is 23.2 Å². The van der Waals surface area contributed by atoms with Gasteiger partial charge in [-0.3, -0.25) is 0 Å². The van der Waals surface area contributed by atoms with Crippen LogP contribution in [-0.2, 0) is 6.42 Å². The van der Waals surface area contributed by atoms with Crippen molar-refractivity contribution in [1.29, 1.82) is 0 Å². The number of rotatable bonds is 6. The molecular weight excluding hydrogens is 287 g/mol. The average Bonchev–Trinajstić information content (AvgIpc) is 2.85. The molecule has 4 nitrogen and oxygen atoms in total. The summed E-state index contributed by atoms with van der Waals surface area (Å²) in [7, 11) is 0. The first-order chi connectivity index (χ1) is 9.19. The quantitative estimate of drug-likeness (QED) is 0.756. The van der Waals surface area contributed by atoms with Gasteiger partial charge in [0.05, 0.1) is 0 Å². The zero-order valence-electron chi connectivity index (χ0n) is 10.5. The van der Waals surface area contributed by atoms with Crippen molar-refractivity contribution in [3.05, 3.63) is 41.1 Å². The second-order valence-electron chi connectivity index (χ2n) is 4.04. The molecule has 0 bridgehead atoms. The Morgan fingerprint density at radius 3 is 2.95 bits per heavy atom. The lowest BCUT2D eigenvalue weighted by molar-refractivity contribution is 0.186. The maximum absolute atomic E-state index is 5.89. The minimum absolute atomic E-state index is 0.323. The van der Waals surface area contributed by atoms with Gasteiger partial charge in [0.15, 0.2) is 6.10 Å². The van der Waals surface area contributed by atoms with E-state index < -0.39 is 0 Å². The van der Waals surface area contributed by atoms with Crippen molar-refractivity contribution in [3.63, 3.8) is 0 Å². The normalized spacial score (nSPS) is 12.4. The number of ether oxygens (including phenoxy) is 1. The third-order valence-corrected chi connectivity index (χ3v) is 2.97. The monoisotopic (exact) mass is 300 g/mol. The highest BCUT2D eigenvalue weighted by Crippen LogP contribution is 2.23. The van der Waals surface area contributed by atoms with Gasteiger partial charge in [-0.05, 0) is 31.5 Å². The molecule has 0 radical (unpaired) electrons. The topological polar surface area (TPSA) is 48.2 Å². The zero-order chi connectivity index (χ0) is 13.7. The van der Waals surface area contributed by atoms with Gasteiger partial charge in [-0.1, -0.05) is 17.7 Å². The van der Waals surface area contributed by atoms with Gasteiger partial charge >= 0.3 is 0 Å². The van der Waals surface area contributed by atoms with Gasteiger partial charge < -0.3 is 9.15 Å². The molecule has 0 aliphatic carbocycles. The summed E-state index contributed by atoms with van der Waals surface area (Å²) < 4.78 is 11.2. The van der Waals surface area contributed by atoms with Crippen molar-refractivity contribution in [1.82, 2.24) is 10.2 Å². The van der Waals surface area contributed by atoms with Crippen molar-refractivity contribution in [2.75, 3.05) is 5.88 Å². The van der Waals surface area contributed by atoms with Crippen molar-refractivity contribution < 1.29 is 9.15 Å². The summed E-state index contributed by atoms with van der Waals surface area (Å²) in [5.41, 5.74) is 0. The van der Waals surface area contributed by atoms with E-state index in [1.54, 1.807) is 12.1 Å². The second kappa shape index (κ2) is 6.78. The van der Waals surface area contributed by atoms with Crippen molar-refractivity contribution in [2.45, 2.75) is 25.9 Å². The standard InChI is InChI=1S/C13H14Cl2N2O2/c1-9(18-11-5-2-4-10(15)8-11)13-17-16-12(19-13)6-3-7-14/h2,4-5,8-9H,3,6-7H2,1H3. The third-order valence-electron chi connectivity index (χ3n) is 2.46. The molecular formula is C13H14Cl2N2O2. The highest BCUT2D eigenvalue weighted by Gasteiger charge is 2.15. The predicted molar refractivity (Wildman–Crippen MR) is 73.8 cm³/mol. The number of nitrogens with zero attached hydrogens (tertiary/aromatic N) is 2. The molecule has 0 aliphatic heterocycles. The molecule has 0 amide bonds. The molecule has 6 heteroatoms. The Morgan fingerprint density at radius 1 is 1.37 bits per heavy atom. The fourth-order valence-corrected chi connectivity index (χ4v) is 1.86. The van der Waals surface area contributed by atoms with Crippen LogP contribution < -0.4 is 4.74 Å². The maximum Gasteiger partial charge on any atom is 0.256 e. The maximum atomic E-state index is 5.89. The predicted octanol–water partition coefficient (Wildman–Crippen LogP) is 4.03. The van der Waals surface area contributed by atoms with Crippen LogP contribution in [-0.4, -0.2) is 16.1 Å². The van der Waals surface area contributed by atoms with Gasteiger partial charge in [0.1, 0.15) is 5.75 Å². The summed E-state index contributed by atoms with van der Waals surface area (Å²) in [6, 6.07) is 7.18. The molecule has 0 spiro atoms. The number of benzene rings is 1. The van der Waals surface area contributed by atoms with Gasteiger partial charge in [0.25, 0.3) is 5.89 Å². The lowest BCUT2D eigenvalue weighted by Crippen LogP contribution is -2.03. The van der Waals surface area contributed by atoms with E-state index in [-0.39, 0.29) is 6.10 Å². The van der Waals surface area contributed by atoms with Crippen molar-refractivity contribution in [3.8, 4) is 5.75 Å². The molecule has 1 aromatic heterocycles. The average molecular weight is 301 g/mol. The smallest absolute Gasteiger partial charge is 0.256 e. The van der Waals surface area contributed by atoms with E-state index in [4.69, 9.17) is 32.4 Å². The van der Waals surface area contributed by atoms with Gasteiger partial charge in [0.2, 0.25) is 5.89 Å².